The van der Waals surface area contributed by atoms with Gasteiger partial charge in [0.05, 0.1) is 44.2 Å². The van der Waals surface area contributed by atoms with Crippen molar-refractivity contribution in [2.75, 3.05) is 90.0 Å². The van der Waals surface area contributed by atoms with Gasteiger partial charge < -0.3 is 30.0 Å². The Hall–Kier alpha value is -5.21. The number of ether oxygens (including phenoxy) is 4. The SMILES string of the molecule is Cc1ccc(CC(=O)Nc2ccc(OCCN3CCOCC3)c(-c3ccnn3C)c2)cc1.Cn1nccc1-c1cc(N)ccc1OCCN1CCOCC1. The lowest BCUT2D eigenvalue weighted by molar-refractivity contribution is -0.115. The average Bonchev–Trinajstić information content (AvgIpc) is 3.82. The fourth-order valence-corrected chi connectivity index (χ4v) is 6.40. The van der Waals surface area contributed by atoms with E-state index < -0.39 is 0 Å². The molecular formula is C41H52N8O5. The predicted molar refractivity (Wildman–Crippen MR) is 211 cm³/mol. The molecule has 2 aromatic heterocycles. The van der Waals surface area contributed by atoms with Gasteiger partial charge in [-0.25, -0.2) is 0 Å². The number of nitrogen functional groups attached to an aromatic ring is 1. The number of anilines is 2. The molecule has 13 nitrogen and oxygen atoms in total. The zero-order chi connectivity index (χ0) is 37.7. The summed E-state index contributed by atoms with van der Waals surface area (Å²) >= 11 is 0. The number of rotatable bonds is 13. The van der Waals surface area contributed by atoms with Crippen molar-refractivity contribution >= 4 is 17.3 Å². The molecule has 0 unspecified atom stereocenters. The van der Waals surface area contributed by atoms with Crippen LogP contribution in [0.4, 0.5) is 11.4 Å². The standard InChI is InChI=1S/C25H30N4O3.C16H22N4O2/c1-19-3-5-20(6-4-19)17-25(30)27-21-7-8-24(22(18-21)23-9-10-26-28(23)2)32-16-13-29-11-14-31-15-12-29;1-19-15(4-5-18-19)14-12-13(17)2-3-16(14)22-11-8-20-6-9-21-10-7-20/h3-10,18H,11-17H2,1-2H3,(H,27,30);2-5,12H,6-11,17H2,1H3. The van der Waals surface area contributed by atoms with Crippen LogP contribution in [0.3, 0.4) is 0 Å². The quantitative estimate of drug-likeness (QED) is 0.164. The van der Waals surface area contributed by atoms with E-state index in [-0.39, 0.29) is 5.91 Å². The minimum Gasteiger partial charge on any atom is -0.492 e. The van der Waals surface area contributed by atoms with Crippen LogP contribution in [0.2, 0.25) is 0 Å². The number of aryl methyl sites for hydroxylation is 3. The molecule has 0 bridgehead atoms. The first-order chi connectivity index (χ1) is 26.3. The topological polar surface area (TPSA) is 134 Å². The van der Waals surface area contributed by atoms with Gasteiger partial charge in [-0.2, -0.15) is 10.2 Å². The lowest BCUT2D eigenvalue weighted by atomic mass is 10.1. The van der Waals surface area contributed by atoms with Crippen molar-refractivity contribution in [3.05, 3.63) is 96.3 Å². The number of nitrogens with zero attached hydrogens (tertiary/aromatic N) is 6. The van der Waals surface area contributed by atoms with Crippen LogP contribution in [0.15, 0.2) is 85.2 Å². The number of benzene rings is 3. The van der Waals surface area contributed by atoms with Crippen LogP contribution in [0.5, 0.6) is 11.5 Å². The third-order valence-corrected chi connectivity index (χ3v) is 9.48. The van der Waals surface area contributed by atoms with Gasteiger partial charge in [0, 0.05) is 88.3 Å². The van der Waals surface area contributed by atoms with Crippen molar-refractivity contribution in [3.63, 3.8) is 0 Å². The summed E-state index contributed by atoms with van der Waals surface area (Å²) in [4.78, 5) is 17.3. The maximum Gasteiger partial charge on any atom is 0.228 e. The summed E-state index contributed by atoms with van der Waals surface area (Å²) in [5, 5.41) is 11.5. The second kappa shape index (κ2) is 19.2. The number of hydrogen-bond acceptors (Lipinski definition) is 10. The van der Waals surface area contributed by atoms with E-state index in [9.17, 15) is 4.79 Å². The molecule has 2 saturated heterocycles. The Labute approximate surface area is 317 Å². The Morgan fingerprint density at radius 3 is 1.76 bits per heavy atom. The summed E-state index contributed by atoms with van der Waals surface area (Å²) in [7, 11) is 3.81. The molecule has 54 heavy (non-hydrogen) atoms. The van der Waals surface area contributed by atoms with Crippen molar-refractivity contribution in [2.24, 2.45) is 14.1 Å². The first-order valence-electron chi connectivity index (χ1n) is 18.5. The molecule has 13 heteroatoms. The molecule has 0 atom stereocenters. The zero-order valence-electron chi connectivity index (χ0n) is 31.6. The van der Waals surface area contributed by atoms with Crippen molar-refractivity contribution in [1.82, 2.24) is 29.4 Å². The maximum atomic E-state index is 12.6. The number of nitrogens with two attached hydrogens (primary N) is 1. The molecule has 286 valence electrons. The van der Waals surface area contributed by atoms with Crippen LogP contribution in [0.25, 0.3) is 22.5 Å². The summed E-state index contributed by atoms with van der Waals surface area (Å²) in [6.07, 6.45) is 3.87. The number of aromatic nitrogens is 4. The number of amides is 1. The minimum absolute atomic E-state index is 0.0502. The van der Waals surface area contributed by atoms with Crippen molar-refractivity contribution in [3.8, 4) is 34.0 Å². The summed E-state index contributed by atoms with van der Waals surface area (Å²) in [5.74, 6) is 1.57. The minimum atomic E-state index is -0.0502. The number of nitrogens with one attached hydrogen (secondary N) is 1. The number of hydrogen-bond donors (Lipinski definition) is 2. The Morgan fingerprint density at radius 2 is 1.24 bits per heavy atom. The Bertz CT molecular complexity index is 1930. The fourth-order valence-electron chi connectivity index (χ4n) is 6.40. The molecule has 0 saturated carbocycles. The molecule has 0 aliphatic carbocycles. The maximum absolute atomic E-state index is 12.6. The normalized spacial score (nSPS) is 14.9. The van der Waals surface area contributed by atoms with Crippen LogP contribution in [-0.4, -0.2) is 114 Å². The lowest BCUT2D eigenvalue weighted by Gasteiger charge is -2.26. The number of morpholine rings is 2. The summed E-state index contributed by atoms with van der Waals surface area (Å²) in [6, 6.07) is 23.4. The Balaban J connectivity index is 0.000000197. The smallest absolute Gasteiger partial charge is 0.228 e. The second-order valence-corrected chi connectivity index (χ2v) is 13.5. The van der Waals surface area contributed by atoms with Gasteiger partial charge in [-0.1, -0.05) is 29.8 Å². The molecule has 0 radical (unpaired) electrons. The molecule has 7 rings (SSSR count). The largest absolute Gasteiger partial charge is 0.492 e. The van der Waals surface area contributed by atoms with Crippen LogP contribution < -0.4 is 20.5 Å². The summed E-state index contributed by atoms with van der Waals surface area (Å²) in [6.45, 7) is 12.0. The van der Waals surface area contributed by atoms with Gasteiger partial charge in [-0.15, -0.1) is 0 Å². The number of carbonyl (C=O) groups is 1. The molecule has 2 fully saturated rings. The van der Waals surface area contributed by atoms with E-state index in [1.165, 1.54) is 5.56 Å². The molecular weight excluding hydrogens is 685 g/mol. The van der Waals surface area contributed by atoms with E-state index in [4.69, 9.17) is 24.7 Å². The van der Waals surface area contributed by atoms with Crippen LogP contribution in [-0.2, 0) is 34.8 Å². The van der Waals surface area contributed by atoms with E-state index in [2.05, 4.69) is 25.3 Å². The first kappa shape index (κ1) is 38.5. The molecule has 2 aliphatic rings. The molecule has 3 N–H and O–H groups in total. The first-order valence-corrected chi connectivity index (χ1v) is 18.5. The molecule has 0 spiro atoms. The molecule has 4 heterocycles. The molecule has 1 amide bonds. The van der Waals surface area contributed by atoms with E-state index in [0.29, 0.717) is 19.6 Å². The van der Waals surface area contributed by atoms with Gasteiger partial charge in [0.2, 0.25) is 5.91 Å². The molecule has 2 aliphatic heterocycles. The highest BCUT2D eigenvalue weighted by Gasteiger charge is 2.16. The second-order valence-electron chi connectivity index (χ2n) is 13.5. The van der Waals surface area contributed by atoms with Crippen molar-refractivity contribution < 1.29 is 23.7 Å². The fraction of sp³-hybridized carbons (Fsp3) is 0.390. The lowest BCUT2D eigenvalue weighted by Crippen LogP contribution is -2.38. The van der Waals surface area contributed by atoms with Gasteiger partial charge in [-0.3, -0.25) is 24.0 Å². The van der Waals surface area contributed by atoms with Gasteiger partial charge in [0.15, 0.2) is 0 Å². The Kier molecular flexibility index (Phi) is 13.7. The summed E-state index contributed by atoms with van der Waals surface area (Å²) in [5.41, 5.74) is 13.3. The highest BCUT2D eigenvalue weighted by molar-refractivity contribution is 5.93. The monoisotopic (exact) mass is 736 g/mol. The predicted octanol–water partition coefficient (Wildman–Crippen LogP) is 4.67. The highest BCUT2D eigenvalue weighted by atomic mass is 16.5. The summed E-state index contributed by atoms with van der Waals surface area (Å²) < 4.78 is 26.5. The van der Waals surface area contributed by atoms with Crippen molar-refractivity contribution in [2.45, 2.75) is 13.3 Å². The third kappa shape index (κ3) is 10.9. The van der Waals surface area contributed by atoms with Gasteiger partial charge in [0.25, 0.3) is 0 Å². The van der Waals surface area contributed by atoms with E-state index in [1.807, 2.05) is 103 Å². The van der Waals surface area contributed by atoms with E-state index >= 15 is 0 Å². The average molecular weight is 737 g/mol. The van der Waals surface area contributed by atoms with E-state index in [1.54, 1.807) is 12.4 Å². The highest BCUT2D eigenvalue weighted by Crippen LogP contribution is 2.33. The molecule has 3 aromatic carbocycles. The van der Waals surface area contributed by atoms with Crippen molar-refractivity contribution in [1.29, 1.82) is 0 Å². The van der Waals surface area contributed by atoms with Gasteiger partial charge in [0.1, 0.15) is 24.7 Å². The Morgan fingerprint density at radius 1 is 0.722 bits per heavy atom. The molecule has 5 aromatic rings. The zero-order valence-corrected chi connectivity index (χ0v) is 31.6. The number of carbonyl (C=O) groups excluding carboxylic acids is 1. The van der Waals surface area contributed by atoms with Crippen LogP contribution in [0.1, 0.15) is 11.1 Å². The van der Waals surface area contributed by atoms with Gasteiger partial charge >= 0.3 is 0 Å². The third-order valence-electron chi connectivity index (χ3n) is 9.48. The van der Waals surface area contributed by atoms with Crippen LogP contribution >= 0.6 is 0 Å². The van der Waals surface area contributed by atoms with Crippen LogP contribution in [0, 0.1) is 6.92 Å². The van der Waals surface area contributed by atoms with Gasteiger partial charge in [-0.05, 0) is 61.0 Å². The van der Waals surface area contributed by atoms with E-state index in [0.717, 1.165) is 117 Å².